The van der Waals surface area contributed by atoms with Crippen LogP contribution in [0.5, 0.6) is 5.75 Å². The summed E-state index contributed by atoms with van der Waals surface area (Å²) in [5.41, 5.74) is 2.00. The smallest absolute Gasteiger partial charge is 0.341 e. The Labute approximate surface area is 164 Å². The van der Waals surface area contributed by atoms with Gasteiger partial charge in [-0.3, -0.25) is 4.79 Å². The Morgan fingerprint density at radius 2 is 1.96 bits per heavy atom. The molecule has 0 saturated heterocycles. The van der Waals surface area contributed by atoms with Crippen LogP contribution in [0.4, 0.5) is 10.1 Å². The first-order chi connectivity index (χ1) is 13.4. The molecule has 0 aliphatic rings. The van der Waals surface area contributed by atoms with Crippen LogP contribution in [0.25, 0.3) is 0 Å². The van der Waals surface area contributed by atoms with Crippen molar-refractivity contribution >= 4 is 17.6 Å². The topological polar surface area (TPSA) is 67.9 Å². The van der Waals surface area contributed by atoms with E-state index in [-0.39, 0.29) is 5.56 Å². The van der Waals surface area contributed by atoms with Crippen molar-refractivity contribution in [2.75, 3.05) is 38.3 Å². The van der Waals surface area contributed by atoms with E-state index in [1.165, 1.54) is 19.2 Å². The molecule has 2 rings (SSSR count). The van der Waals surface area contributed by atoms with Gasteiger partial charge in [-0.2, -0.15) is 0 Å². The molecule has 0 aromatic heterocycles. The number of hydrogen-bond acceptors (Lipinski definition) is 5. The van der Waals surface area contributed by atoms with Gasteiger partial charge in [-0.25, -0.2) is 9.18 Å². The van der Waals surface area contributed by atoms with E-state index < -0.39 is 24.3 Å². The largest absolute Gasteiger partial charge is 0.497 e. The lowest BCUT2D eigenvalue weighted by Gasteiger charge is -2.23. The number of aryl methyl sites for hydroxylation is 1. The van der Waals surface area contributed by atoms with Crippen LogP contribution in [0.3, 0.4) is 0 Å². The lowest BCUT2D eigenvalue weighted by Crippen LogP contribution is -2.37. The number of ether oxygens (including phenoxy) is 2. The fourth-order valence-electron chi connectivity index (χ4n) is 2.67. The standard InChI is InChI=1S/C21H25FN2O4/c1-4-24(16-7-5-6-15(2)12-16)11-10-23-20(25)14-28-21(26)18-9-8-17(27-3)13-19(18)22/h5-9,12-13H,4,10-11,14H2,1-3H3,(H,23,25). The van der Waals surface area contributed by atoms with Crippen LogP contribution in [0.15, 0.2) is 42.5 Å². The molecule has 0 fully saturated rings. The molecule has 0 heterocycles. The maximum Gasteiger partial charge on any atom is 0.341 e. The first-order valence-corrected chi connectivity index (χ1v) is 9.03. The van der Waals surface area contributed by atoms with Gasteiger partial charge in [0.1, 0.15) is 11.6 Å². The summed E-state index contributed by atoms with van der Waals surface area (Å²) in [6.45, 7) is 5.40. The molecule has 0 atom stereocenters. The summed E-state index contributed by atoms with van der Waals surface area (Å²) >= 11 is 0. The molecule has 1 N–H and O–H groups in total. The monoisotopic (exact) mass is 388 g/mol. The minimum Gasteiger partial charge on any atom is -0.497 e. The molecule has 0 unspecified atom stereocenters. The van der Waals surface area contributed by atoms with E-state index in [1.807, 2.05) is 32.0 Å². The number of amides is 1. The fourth-order valence-corrected chi connectivity index (χ4v) is 2.67. The minimum atomic E-state index is -0.898. The fraction of sp³-hybridized carbons (Fsp3) is 0.333. The second-order valence-electron chi connectivity index (χ2n) is 6.19. The molecule has 2 aromatic carbocycles. The highest BCUT2D eigenvalue weighted by molar-refractivity contribution is 5.91. The summed E-state index contributed by atoms with van der Waals surface area (Å²) in [6.07, 6.45) is 0. The summed E-state index contributed by atoms with van der Waals surface area (Å²) < 4.78 is 23.6. The highest BCUT2D eigenvalue weighted by atomic mass is 19.1. The van der Waals surface area contributed by atoms with Crippen molar-refractivity contribution in [1.29, 1.82) is 0 Å². The molecular weight excluding hydrogens is 363 g/mol. The third-order valence-corrected chi connectivity index (χ3v) is 4.18. The van der Waals surface area contributed by atoms with E-state index in [1.54, 1.807) is 0 Å². The zero-order chi connectivity index (χ0) is 20.5. The number of hydrogen-bond donors (Lipinski definition) is 1. The van der Waals surface area contributed by atoms with Gasteiger partial charge in [-0.1, -0.05) is 12.1 Å². The number of anilines is 1. The highest BCUT2D eigenvalue weighted by Gasteiger charge is 2.15. The third kappa shape index (κ3) is 5.97. The van der Waals surface area contributed by atoms with Crippen LogP contribution in [0.2, 0.25) is 0 Å². The predicted octanol–water partition coefficient (Wildman–Crippen LogP) is 2.94. The van der Waals surface area contributed by atoms with Crippen LogP contribution in [0.1, 0.15) is 22.8 Å². The Hall–Kier alpha value is -3.09. The Bertz CT molecular complexity index is 826. The summed E-state index contributed by atoms with van der Waals surface area (Å²) in [7, 11) is 1.40. The van der Waals surface area contributed by atoms with Gasteiger partial charge in [-0.05, 0) is 43.7 Å². The van der Waals surface area contributed by atoms with Crippen LogP contribution >= 0.6 is 0 Å². The number of nitrogens with zero attached hydrogens (tertiary/aromatic N) is 1. The molecule has 2 aromatic rings. The molecule has 0 radical (unpaired) electrons. The molecule has 0 spiro atoms. The molecule has 7 heteroatoms. The Morgan fingerprint density at radius 1 is 1.18 bits per heavy atom. The molecule has 1 amide bonds. The average Bonchev–Trinajstić information content (AvgIpc) is 2.69. The summed E-state index contributed by atoms with van der Waals surface area (Å²) in [6, 6.07) is 11.9. The van der Waals surface area contributed by atoms with Crippen molar-refractivity contribution in [3.63, 3.8) is 0 Å². The van der Waals surface area contributed by atoms with Crippen molar-refractivity contribution in [3.05, 3.63) is 59.4 Å². The number of benzene rings is 2. The van der Waals surface area contributed by atoms with Crippen molar-refractivity contribution in [1.82, 2.24) is 5.32 Å². The molecule has 0 bridgehead atoms. The molecule has 0 saturated carbocycles. The summed E-state index contributed by atoms with van der Waals surface area (Å²) in [5, 5.41) is 2.70. The zero-order valence-electron chi connectivity index (χ0n) is 16.3. The molecular formula is C21H25FN2O4. The van der Waals surface area contributed by atoms with Crippen LogP contribution in [-0.2, 0) is 9.53 Å². The number of carbonyl (C=O) groups is 2. The van der Waals surface area contributed by atoms with Gasteiger partial charge < -0.3 is 19.7 Å². The number of halogens is 1. The van der Waals surface area contributed by atoms with E-state index in [0.717, 1.165) is 23.9 Å². The lowest BCUT2D eigenvalue weighted by molar-refractivity contribution is -0.124. The maximum atomic E-state index is 13.8. The third-order valence-electron chi connectivity index (χ3n) is 4.18. The Kier molecular flexibility index (Phi) is 7.80. The van der Waals surface area contributed by atoms with Gasteiger partial charge >= 0.3 is 5.97 Å². The van der Waals surface area contributed by atoms with E-state index in [9.17, 15) is 14.0 Å². The molecule has 0 aliphatic heterocycles. The number of esters is 1. The number of carbonyl (C=O) groups excluding carboxylic acids is 2. The van der Waals surface area contributed by atoms with Crippen molar-refractivity contribution in [3.8, 4) is 5.75 Å². The second-order valence-corrected chi connectivity index (χ2v) is 6.19. The molecule has 28 heavy (non-hydrogen) atoms. The highest BCUT2D eigenvalue weighted by Crippen LogP contribution is 2.17. The van der Waals surface area contributed by atoms with Crippen molar-refractivity contribution < 1.29 is 23.5 Å². The number of methoxy groups -OCH3 is 1. The van der Waals surface area contributed by atoms with E-state index >= 15 is 0 Å². The molecule has 0 aliphatic carbocycles. The lowest BCUT2D eigenvalue weighted by atomic mass is 10.2. The van der Waals surface area contributed by atoms with Gasteiger partial charge in [0.2, 0.25) is 0 Å². The summed E-state index contributed by atoms with van der Waals surface area (Å²) in [4.78, 5) is 26.0. The number of likely N-dealkylation sites (N-methyl/N-ethyl adjacent to an activating group) is 1. The second kappa shape index (κ2) is 10.3. The van der Waals surface area contributed by atoms with Gasteiger partial charge in [-0.15, -0.1) is 0 Å². The zero-order valence-corrected chi connectivity index (χ0v) is 16.3. The normalized spacial score (nSPS) is 10.3. The predicted molar refractivity (Wildman–Crippen MR) is 105 cm³/mol. The van der Waals surface area contributed by atoms with Crippen LogP contribution in [-0.4, -0.2) is 45.2 Å². The number of rotatable bonds is 9. The maximum absolute atomic E-state index is 13.8. The molecule has 150 valence electrons. The first-order valence-electron chi connectivity index (χ1n) is 9.03. The first kappa shape index (κ1) is 21.2. The Balaban J connectivity index is 1.78. The molecule has 6 nitrogen and oxygen atoms in total. The SMILES string of the molecule is CCN(CCNC(=O)COC(=O)c1ccc(OC)cc1F)c1cccc(C)c1. The van der Waals surface area contributed by atoms with Crippen LogP contribution in [0, 0.1) is 12.7 Å². The van der Waals surface area contributed by atoms with Gasteiger partial charge in [0, 0.05) is 31.4 Å². The average molecular weight is 388 g/mol. The summed E-state index contributed by atoms with van der Waals surface area (Å²) in [5.74, 6) is -1.81. The van der Waals surface area contributed by atoms with Crippen molar-refractivity contribution in [2.45, 2.75) is 13.8 Å². The van der Waals surface area contributed by atoms with Crippen molar-refractivity contribution in [2.24, 2.45) is 0 Å². The van der Waals surface area contributed by atoms with E-state index in [4.69, 9.17) is 9.47 Å². The Morgan fingerprint density at radius 3 is 2.61 bits per heavy atom. The van der Waals surface area contributed by atoms with Gasteiger partial charge in [0.15, 0.2) is 6.61 Å². The number of nitrogens with one attached hydrogen (secondary N) is 1. The van der Waals surface area contributed by atoms with E-state index in [0.29, 0.717) is 18.8 Å². The van der Waals surface area contributed by atoms with Crippen LogP contribution < -0.4 is 15.0 Å². The van der Waals surface area contributed by atoms with Gasteiger partial charge in [0.05, 0.1) is 12.7 Å². The van der Waals surface area contributed by atoms with Gasteiger partial charge in [0.25, 0.3) is 5.91 Å². The quantitative estimate of drug-likeness (QED) is 0.669. The van der Waals surface area contributed by atoms with E-state index in [2.05, 4.69) is 16.3 Å². The minimum absolute atomic E-state index is 0.245.